The Balaban J connectivity index is 2.01. The number of hydrogen-bond acceptors (Lipinski definition) is 3. The second-order valence-electron chi connectivity index (χ2n) is 4.93. The van der Waals surface area contributed by atoms with Gasteiger partial charge < -0.3 is 10.1 Å². The number of ether oxygens (including phenoxy) is 1. The average Bonchev–Trinajstić information content (AvgIpc) is 2.17. The van der Waals surface area contributed by atoms with Crippen LogP contribution in [0.2, 0.25) is 0 Å². The third kappa shape index (κ3) is 2.65. The third-order valence-corrected chi connectivity index (χ3v) is 2.85. The largest absolute Gasteiger partial charge is 0.487 e. The molecular weight excluding hydrogens is 200 g/mol. The first-order valence-corrected chi connectivity index (χ1v) is 6.03. The molecule has 3 heteroatoms. The summed E-state index contributed by atoms with van der Waals surface area (Å²) >= 11 is 0. The van der Waals surface area contributed by atoms with Gasteiger partial charge in [-0.3, -0.25) is 0 Å². The van der Waals surface area contributed by atoms with Crippen LogP contribution >= 0.6 is 0 Å². The molecule has 88 valence electrons. The van der Waals surface area contributed by atoms with E-state index >= 15 is 0 Å². The second-order valence-corrected chi connectivity index (χ2v) is 4.93. The fourth-order valence-corrected chi connectivity index (χ4v) is 2.06. The summed E-state index contributed by atoms with van der Waals surface area (Å²) < 4.78 is 5.72. The molecule has 1 aliphatic carbocycles. The number of hydrogen-bond donors (Lipinski definition) is 1. The van der Waals surface area contributed by atoms with E-state index in [1.165, 1.54) is 12.8 Å². The summed E-state index contributed by atoms with van der Waals surface area (Å²) in [7, 11) is 0. The Kier molecular flexibility index (Phi) is 3.32. The molecule has 2 rings (SSSR count). The van der Waals surface area contributed by atoms with Crippen LogP contribution in [-0.4, -0.2) is 17.1 Å². The van der Waals surface area contributed by atoms with Crippen LogP contribution in [-0.2, 0) is 0 Å². The summed E-state index contributed by atoms with van der Waals surface area (Å²) in [5.41, 5.74) is 0. The Bertz CT molecular complexity index is 346. The number of pyridine rings is 1. The van der Waals surface area contributed by atoms with Gasteiger partial charge in [-0.05, 0) is 44.7 Å². The first-order valence-electron chi connectivity index (χ1n) is 6.03. The molecule has 0 aromatic carbocycles. The van der Waals surface area contributed by atoms with Crippen molar-refractivity contribution in [1.82, 2.24) is 4.98 Å². The second kappa shape index (κ2) is 4.73. The maximum atomic E-state index is 5.72. The lowest BCUT2D eigenvalue weighted by Gasteiger charge is -2.34. The molecule has 3 nitrogen and oxygen atoms in total. The Labute approximate surface area is 97.2 Å². The van der Waals surface area contributed by atoms with Gasteiger partial charge in [0, 0.05) is 12.2 Å². The average molecular weight is 220 g/mol. The van der Waals surface area contributed by atoms with E-state index in [-0.39, 0.29) is 6.10 Å². The lowest BCUT2D eigenvalue weighted by Crippen LogP contribution is -2.34. The Morgan fingerprint density at radius 2 is 2.19 bits per heavy atom. The number of nitrogens with one attached hydrogen (secondary N) is 1. The van der Waals surface area contributed by atoms with Crippen LogP contribution in [0, 0.1) is 5.92 Å². The van der Waals surface area contributed by atoms with Crippen molar-refractivity contribution >= 4 is 5.82 Å². The molecule has 0 unspecified atom stereocenters. The molecule has 16 heavy (non-hydrogen) atoms. The highest BCUT2D eigenvalue weighted by Crippen LogP contribution is 2.31. The maximum absolute atomic E-state index is 5.72. The smallest absolute Gasteiger partial charge is 0.168 e. The summed E-state index contributed by atoms with van der Waals surface area (Å²) in [6.45, 7) is 6.34. The van der Waals surface area contributed by atoms with Gasteiger partial charge >= 0.3 is 0 Å². The molecule has 0 atom stereocenters. The monoisotopic (exact) mass is 220 g/mol. The van der Waals surface area contributed by atoms with Gasteiger partial charge in [0.1, 0.15) is 0 Å². The minimum atomic E-state index is 0.185. The molecule has 0 radical (unpaired) electrons. The van der Waals surface area contributed by atoms with Crippen LogP contribution in [0.4, 0.5) is 5.82 Å². The summed E-state index contributed by atoms with van der Waals surface area (Å²) in [4.78, 5) is 4.34. The molecule has 0 aliphatic heterocycles. The van der Waals surface area contributed by atoms with E-state index in [1.807, 2.05) is 26.0 Å². The van der Waals surface area contributed by atoms with Gasteiger partial charge in [-0.15, -0.1) is 0 Å². The van der Waals surface area contributed by atoms with E-state index in [9.17, 15) is 0 Å². The SMILES string of the molecule is CC1CC(Nc2ncccc2OC(C)C)C1. The molecule has 1 heterocycles. The van der Waals surface area contributed by atoms with Gasteiger partial charge in [0.15, 0.2) is 11.6 Å². The first kappa shape index (κ1) is 11.2. The van der Waals surface area contributed by atoms with E-state index < -0.39 is 0 Å². The minimum Gasteiger partial charge on any atom is -0.487 e. The van der Waals surface area contributed by atoms with Crippen molar-refractivity contribution < 1.29 is 4.74 Å². The molecular formula is C13H20N2O. The molecule has 0 bridgehead atoms. The molecule has 1 N–H and O–H groups in total. The Morgan fingerprint density at radius 3 is 2.81 bits per heavy atom. The van der Waals surface area contributed by atoms with E-state index in [0.717, 1.165) is 17.5 Å². The van der Waals surface area contributed by atoms with E-state index in [0.29, 0.717) is 6.04 Å². The fourth-order valence-electron chi connectivity index (χ4n) is 2.06. The number of rotatable bonds is 4. The highest BCUT2D eigenvalue weighted by atomic mass is 16.5. The first-order chi connectivity index (χ1) is 7.65. The Hall–Kier alpha value is -1.25. The standard InChI is InChI=1S/C13H20N2O/c1-9(2)16-12-5-4-6-14-13(12)15-11-7-10(3)8-11/h4-6,9-11H,7-8H2,1-3H3,(H,14,15). The maximum Gasteiger partial charge on any atom is 0.168 e. The van der Waals surface area contributed by atoms with Crippen LogP contribution < -0.4 is 10.1 Å². The summed E-state index contributed by atoms with van der Waals surface area (Å²) in [6.07, 6.45) is 4.46. The van der Waals surface area contributed by atoms with Gasteiger partial charge in [-0.2, -0.15) is 0 Å². The summed E-state index contributed by atoms with van der Waals surface area (Å²) in [5, 5.41) is 3.45. The minimum absolute atomic E-state index is 0.185. The van der Waals surface area contributed by atoms with Crippen molar-refractivity contribution in [2.75, 3.05) is 5.32 Å². The molecule has 1 aromatic rings. The zero-order valence-corrected chi connectivity index (χ0v) is 10.2. The highest BCUT2D eigenvalue weighted by molar-refractivity contribution is 5.50. The number of aromatic nitrogens is 1. The lowest BCUT2D eigenvalue weighted by molar-refractivity contribution is 0.241. The van der Waals surface area contributed by atoms with Gasteiger partial charge in [0.05, 0.1) is 6.10 Å². The topological polar surface area (TPSA) is 34.2 Å². The van der Waals surface area contributed by atoms with Crippen molar-refractivity contribution in [3.8, 4) is 5.75 Å². The molecule has 1 aliphatic rings. The molecule has 1 fully saturated rings. The van der Waals surface area contributed by atoms with Gasteiger partial charge in [-0.25, -0.2) is 4.98 Å². The van der Waals surface area contributed by atoms with Gasteiger partial charge in [0.25, 0.3) is 0 Å². The molecule has 1 aromatic heterocycles. The lowest BCUT2D eigenvalue weighted by atomic mass is 9.82. The third-order valence-electron chi connectivity index (χ3n) is 2.85. The number of nitrogens with zero attached hydrogens (tertiary/aromatic N) is 1. The van der Waals surface area contributed by atoms with Crippen LogP contribution in [0.15, 0.2) is 18.3 Å². The number of anilines is 1. The normalized spacial score (nSPS) is 24.0. The van der Waals surface area contributed by atoms with Gasteiger partial charge in [-0.1, -0.05) is 6.92 Å². The van der Waals surface area contributed by atoms with E-state index in [1.54, 1.807) is 6.20 Å². The zero-order chi connectivity index (χ0) is 11.5. The van der Waals surface area contributed by atoms with Crippen molar-refractivity contribution in [3.63, 3.8) is 0 Å². The van der Waals surface area contributed by atoms with Crippen molar-refractivity contribution in [1.29, 1.82) is 0 Å². The molecule has 1 saturated carbocycles. The summed E-state index contributed by atoms with van der Waals surface area (Å²) in [5.74, 6) is 2.58. The predicted octanol–water partition coefficient (Wildman–Crippen LogP) is 3.08. The van der Waals surface area contributed by atoms with Crippen LogP contribution in [0.1, 0.15) is 33.6 Å². The molecule has 0 amide bonds. The van der Waals surface area contributed by atoms with Crippen LogP contribution in [0.5, 0.6) is 5.75 Å². The Morgan fingerprint density at radius 1 is 1.44 bits per heavy atom. The predicted molar refractivity (Wildman–Crippen MR) is 65.8 cm³/mol. The van der Waals surface area contributed by atoms with E-state index in [4.69, 9.17) is 4.74 Å². The van der Waals surface area contributed by atoms with Gasteiger partial charge in [0.2, 0.25) is 0 Å². The van der Waals surface area contributed by atoms with Crippen molar-refractivity contribution in [3.05, 3.63) is 18.3 Å². The molecule has 0 saturated heterocycles. The van der Waals surface area contributed by atoms with Crippen molar-refractivity contribution in [2.24, 2.45) is 5.92 Å². The fraction of sp³-hybridized carbons (Fsp3) is 0.615. The van der Waals surface area contributed by atoms with Crippen LogP contribution in [0.25, 0.3) is 0 Å². The highest BCUT2D eigenvalue weighted by Gasteiger charge is 2.26. The molecule has 0 spiro atoms. The van der Waals surface area contributed by atoms with Crippen LogP contribution in [0.3, 0.4) is 0 Å². The quantitative estimate of drug-likeness (QED) is 0.846. The summed E-state index contributed by atoms with van der Waals surface area (Å²) in [6, 6.07) is 4.45. The van der Waals surface area contributed by atoms with E-state index in [2.05, 4.69) is 17.2 Å². The van der Waals surface area contributed by atoms with Crippen molar-refractivity contribution in [2.45, 2.75) is 45.8 Å². The zero-order valence-electron chi connectivity index (χ0n) is 10.2.